The Morgan fingerprint density at radius 2 is 1.69 bits per heavy atom. The predicted octanol–water partition coefficient (Wildman–Crippen LogP) is 6.83. The van der Waals surface area contributed by atoms with Crippen LogP contribution in [-0.2, 0) is 4.79 Å². The molecular formula is C24H39NO. The van der Waals surface area contributed by atoms with Crippen molar-refractivity contribution in [3.05, 3.63) is 0 Å². The van der Waals surface area contributed by atoms with Gasteiger partial charge in [-0.15, -0.1) is 0 Å². The third-order valence-corrected chi connectivity index (χ3v) is 8.18. The molecule has 1 atom stereocenters. The van der Waals surface area contributed by atoms with E-state index in [2.05, 4.69) is 13.0 Å². The first-order valence-corrected chi connectivity index (χ1v) is 11.6. The predicted molar refractivity (Wildman–Crippen MR) is 107 cm³/mol. The number of unbranched alkanes of at least 4 members (excludes halogenated alkanes) is 2. The first-order valence-electron chi connectivity index (χ1n) is 11.6. The standard InChI is InChI=1S/C24H39NO/c1-2-3-4-6-19-9-11-20(12-10-19)21-13-15-24(18-25,16-14-21)22-7-5-8-23(26)17-22/h19-22H,2-17H2,1H3/t19?,20?,21-,22-,24-/m1/s1. The number of nitriles is 1. The van der Waals surface area contributed by atoms with Crippen LogP contribution >= 0.6 is 0 Å². The second-order valence-corrected chi connectivity index (χ2v) is 9.71. The van der Waals surface area contributed by atoms with E-state index in [9.17, 15) is 10.1 Å². The Kier molecular flexibility index (Phi) is 7.19. The minimum atomic E-state index is -0.177. The maximum Gasteiger partial charge on any atom is 0.133 e. The average Bonchev–Trinajstić information content (AvgIpc) is 2.69. The van der Waals surface area contributed by atoms with Gasteiger partial charge in [-0.05, 0) is 75.0 Å². The molecule has 0 amide bonds. The lowest BCUT2D eigenvalue weighted by atomic mass is 9.58. The van der Waals surface area contributed by atoms with Crippen molar-refractivity contribution in [1.29, 1.82) is 5.26 Å². The van der Waals surface area contributed by atoms with Gasteiger partial charge in [0.15, 0.2) is 0 Å². The van der Waals surface area contributed by atoms with Crippen LogP contribution in [0.4, 0.5) is 0 Å². The van der Waals surface area contributed by atoms with Gasteiger partial charge in [-0.1, -0.05) is 45.4 Å². The fourth-order valence-corrected chi connectivity index (χ4v) is 6.37. The van der Waals surface area contributed by atoms with Crippen molar-refractivity contribution in [2.24, 2.45) is 29.1 Å². The van der Waals surface area contributed by atoms with Gasteiger partial charge in [-0.2, -0.15) is 5.26 Å². The van der Waals surface area contributed by atoms with Crippen LogP contribution in [0.3, 0.4) is 0 Å². The largest absolute Gasteiger partial charge is 0.300 e. The van der Waals surface area contributed by atoms with Crippen LogP contribution in [0.25, 0.3) is 0 Å². The maximum atomic E-state index is 11.9. The number of carbonyl (C=O) groups is 1. The summed E-state index contributed by atoms with van der Waals surface area (Å²) in [5.74, 6) is 3.52. The van der Waals surface area contributed by atoms with E-state index < -0.39 is 0 Å². The lowest BCUT2D eigenvalue weighted by molar-refractivity contribution is -0.123. The van der Waals surface area contributed by atoms with Crippen molar-refractivity contribution in [3.8, 4) is 6.07 Å². The Labute approximate surface area is 161 Å². The fourth-order valence-electron chi connectivity index (χ4n) is 6.37. The van der Waals surface area contributed by atoms with Crippen LogP contribution in [0.2, 0.25) is 0 Å². The molecule has 146 valence electrons. The van der Waals surface area contributed by atoms with Crippen LogP contribution in [0, 0.1) is 40.4 Å². The van der Waals surface area contributed by atoms with Crippen LogP contribution in [0.5, 0.6) is 0 Å². The van der Waals surface area contributed by atoms with E-state index in [0.29, 0.717) is 18.1 Å². The topological polar surface area (TPSA) is 40.9 Å². The van der Waals surface area contributed by atoms with Crippen molar-refractivity contribution in [2.45, 2.75) is 110 Å². The average molecular weight is 358 g/mol. The molecule has 0 bridgehead atoms. The molecule has 3 fully saturated rings. The highest BCUT2D eigenvalue weighted by molar-refractivity contribution is 5.79. The highest BCUT2D eigenvalue weighted by Crippen LogP contribution is 2.51. The van der Waals surface area contributed by atoms with Crippen molar-refractivity contribution < 1.29 is 4.79 Å². The maximum absolute atomic E-state index is 11.9. The van der Waals surface area contributed by atoms with Crippen molar-refractivity contribution >= 4 is 5.78 Å². The second-order valence-electron chi connectivity index (χ2n) is 9.71. The summed E-state index contributed by atoms with van der Waals surface area (Å²) < 4.78 is 0. The lowest BCUT2D eigenvalue weighted by Gasteiger charge is -2.44. The molecule has 26 heavy (non-hydrogen) atoms. The summed E-state index contributed by atoms with van der Waals surface area (Å²) in [7, 11) is 0. The van der Waals surface area contributed by atoms with Gasteiger partial charge in [0, 0.05) is 12.8 Å². The van der Waals surface area contributed by atoms with Gasteiger partial charge < -0.3 is 0 Å². The van der Waals surface area contributed by atoms with E-state index in [1.165, 1.54) is 64.2 Å². The minimum absolute atomic E-state index is 0.177. The zero-order valence-electron chi connectivity index (χ0n) is 17.0. The number of hydrogen-bond donors (Lipinski definition) is 0. The highest BCUT2D eigenvalue weighted by atomic mass is 16.1. The lowest BCUT2D eigenvalue weighted by Crippen LogP contribution is -2.38. The molecule has 3 saturated carbocycles. The van der Waals surface area contributed by atoms with Gasteiger partial charge in [-0.3, -0.25) is 4.79 Å². The van der Waals surface area contributed by atoms with Gasteiger partial charge in [0.05, 0.1) is 11.5 Å². The number of Topliss-reactive ketones (excluding diaryl/α,β-unsaturated/α-hetero) is 1. The Balaban J connectivity index is 1.46. The molecule has 0 aromatic carbocycles. The van der Waals surface area contributed by atoms with E-state index in [4.69, 9.17) is 0 Å². The van der Waals surface area contributed by atoms with E-state index in [1.807, 2.05) is 0 Å². The van der Waals surface area contributed by atoms with Crippen LogP contribution in [0.15, 0.2) is 0 Å². The summed E-state index contributed by atoms with van der Waals surface area (Å²) in [4.78, 5) is 11.9. The summed E-state index contributed by atoms with van der Waals surface area (Å²) in [6.07, 6.45) is 19.5. The Morgan fingerprint density at radius 3 is 2.31 bits per heavy atom. The Hall–Kier alpha value is -0.840. The van der Waals surface area contributed by atoms with Crippen LogP contribution in [0.1, 0.15) is 110 Å². The monoisotopic (exact) mass is 357 g/mol. The molecule has 0 aromatic heterocycles. The number of nitrogens with zero attached hydrogens (tertiary/aromatic N) is 1. The van der Waals surface area contributed by atoms with Crippen molar-refractivity contribution in [1.82, 2.24) is 0 Å². The molecule has 0 spiro atoms. The quantitative estimate of drug-likeness (QED) is 0.489. The molecule has 0 radical (unpaired) electrons. The highest BCUT2D eigenvalue weighted by Gasteiger charge is 2.45. The SMILES string of the molecule is CCCCCC1CCC([C@H]2CC[C@](C#N)([C@@H]3CCCC(=O)C3)CC2)CC1. The molecule has 3 rings (SSSR count). The molecular weight excluding hydrogens is 318 g/mol. The number of hydrogen-bond acceptors (Lipinski definition) is 2. The summed E-state index contributed by atoms with van der Waals surface area (Å²) in [5.41, 5.74) is -0.177. The zero-order valence-corrected chi connectivity index (χ0v) is 17.0. The second kappa shape index (κ2) is 9.38. The van der Waals surface area contributed by atoms with Gasteiger partial charge in [0.1, 0.15) is 5.78 Å². The third-order valence-electron chi connectivity index (χ3n) is 8.18. The summed E-state index contributed by atoms with van der Waals surface area (Å²) in [5, 5.41) is 9.95. The van der Waals surface area contributed by atoms with E-state index in [-0.39, 0.29) is 5.41 Å². The van der Waals surface area contributed by atoms with Gasteiger partial charge in [0.25, 0.3) is 0 Å². The number of ketones is 1. The molecule has 0 aliphatic heterocycles. The minimum Gasteiger partial charge on any atom is -0.300 e. The van der Waals surface area contributed by atoms with Crippen molar-refractivity contribution in [3.63, 3.8) is 0 Å². The van der Waals surface area contributed by atoms with Crippen LogP contribution < -0.4 is 0 Å². The third kappa shape index (κ3) is 4.71. The molecule has 0 unspecified atom stereocenters. The molecule has 0 heterocycles. The van der Waals surface area contributed by atoms with Gasteiger partial charge in [0.2, 0.25) is 0 Å². The molecule has 3 aliphatic rings. The first-order chi connectivity index (χ1) is 12.7. The Morgan fingerprint density at radius 1 is 1.00 bits per heavy atom. The molecule has 2 heteroatoms. The zero-order chi connectivity index (χ0) is 18.4. The Bertz CT molecular complexity index is 489. The van der Waals surface area contributed by atoms with E-state index >= 15 is 0 Å². The number of carbonyl (C=O) groups excluding carboxylic acids is 1. The molecule has 0 N–H and O–H groups in total. The van der Waals surface area contributed by atoms with Crippen LogP contribution in [-0.4, -0.2) is 5.78 Å². The van der Waals surface area contributed by atoms with Gasteiger partial charge >= 0.3 is 0 Å². The van der Waals surface area contributed by atoms with E-state index in [0.717, 1.165) is 49.9 Å². The summed E-state index contributed by atoms with van der Waals surface area (Å²) in [6, 6.07) is 2.71. The number of rotatable bonds is 6. The smallest absolute Gasteiger partial charge is 0.133 e. The van der Waals surface area contributed by atoms with E-state index in [1.54, 1.807) is 0 Å². The first kappa shape index (κ1) is 19.9. The summed E-state index contributed by atoms with van der Waals surface area (Å²) in [6.45, 7) is 2.30. The van der Waals surface area contributed by atoms with Gasteiger partial charge in [-0.25, -0.2) is 0 Å². The summed E-state index contributed by atoms with van der Waals surface area (Å²) >= 11 is 0. The molecule has 3 aliphatic carbocycles. The molecule has 0 aromatic rings. The molecule has 2 nitrogen and oxygen atoms in total. The normalized spacial score (nSPS) is 38.7. The fraction of sp³-hybridized carbons (Fsp3) is 0.917. The molecule has 0 saturated heterocycles. The van der Waals surface area contributed by atoms with Crippen molar-refractivity contribution in [2.75, 3.05) is 0 Å².